The molecule has 68 valence electrons. The van der Waals surface area contributed by atoms with Crippen LogP contribution in [0.15, 0.2) is 18.2 Å². The van der Waals surface area contributed by atoms with Crippen LogP contribution in [0.3, 0.4) is 0 Å². The van der Waals surface area contributed by atoms with Crippen LogP contribution in [0.1, 0.15) is 24.0 Å². The second-order valence-electron chi connectivity index (χ2n) is 3.36. The molecule has 2 nitrogen and oxygen atoms in total. The van der Waals surface area contributed by atoms with Crippen molar-refractivity contribution in [1.29, 1.82) is 0 Å². The van der Waals surface area contributed by atoms with E-state index in [0.717, 1.165) is 17.8 Å². The maximum Gasteiger partial charge on any atom is 0.137 e. The third-order valence-electron chi connectivity index (χ3n) is 2.47. The Hall–Kier alpha value is -1.31. The van der Waals surface area contributed by atoms with Crippen LogP contribution < -0.4 is 0 Å². The normalized spacial score (nSPS) is 11.0. The Morgan fingerprint density at radius 3 is 2.77 bits per heavy atom. The highest BCUT2D eigenvalue weighted by atomic mass is 15.0. The van der Waals surface area contributed by atoms with Crippen LogP contribution in [0.4, 0.5) is 0 Å². The monoisotopic (exact) mass is 174 g/mol. The number of aromatic nitrogens is 2. The van der Waals surface area contributed by atoms with Crippen LogP contribution in [0, 0.1) is 13.8 Å². The maximum atomic E-state index is 4.51. The highest BCUT2D eigenvalue weighted by Gasteiger charge is 2.06. The number of fused-ring (bicyclic) bond motifs is 1. The Labute approximate surface area is 78.2 Å². The summed E-state index contributed by atoms with van der Waals surface area (Å²) in [6, 6.07) is 6.23. The molecule has 2 aromatic rings. The second-order valence-corrected chi connectivity index (χ2v) is 3.36. The SMILES string of the molecule is CCc1c(C)nc2cccc(C)n12. The zero-order valence-electron chi connectivity index (χ0n) is 8.33. The first-order chi connectivity index (χ1) is 6.24. The highest BCUT2D eigenvalue weighted by Crippen LogP contribution is 2.14. The fraction of sp³-hybridized carbons (Fsp3) is 0.364. The summed E-state index contributed by atoms with van der Waals surface area (Å²) in [5.41, 5.74) is 4.80. The Balaban J connectivity index is 2.88. The summed E-state index contributed by atoms with van der Waals surface area (Å²) in [5, 5.41) is 0. The summed E-state index contributed by atoms with van der Waals surface area (Å²) < 4.78 is 2.23. The van der Waals surface area contributed by atoms with E-state index in [1.54, 1.807) is 0 Å². The molecule has 0 N–H and O–H groups in total. The lowest BCUT2D eigenvalue weighted by atomic mass is 10.2. The summed E-state index contributed by atoms with van der Waals surface area (Å²) in [4.78, 5) is 4.51. The molecule has 0 aliphatic heterocycles. The Morgan fingerprint density at radius 2 is 2.08 bits per heavy atom. The average molecular weight is 174 g/mol. The minimum absolute atomic E-state index is 1.04. The lowest BCUT2D eigenvalue weighted by Gasteiger charge is -2.02. The molecule has 0 spiro atoms. The van der Waals surface area contributed by atoms with Crippen LogP contribution in [0.25, 0.3) is 5.65 Å². The number of hydrogen-bond acceptors (Lipinski definition) is 1. The van der Waals surface area contributed by atoms with Gasteiger partial charge in [-0.15, -0.1) is 0 Å². The molecule has 2 rings (SSSR count). The van der Waals surface area contributed by atoms with Gasteiger partial charge in [0.15, 0.2) is 0 Å². The number of nitrogens with zero attached hydrogens (tertiary/aromatic N) is 2. The van der Waals surface area contributed by atoms with E-state index >= 15 is 0 Å². The summed E-state index contributed by atoms with van der Waals surface area (Å²) in [5.74, 6) is 0. The zero-order chi connectivity index (χ0) is 9.42. The number of hydrogen-bond donors (Lipinski definition) is 0. The molecule has 2 heteroatoms. The van der Waals surface area contributed by atoms with Gasteiger partial charge in [0.2, 0.25) is 0 Å². The number of aryl methyl sites for hydroxylation is 3. The van der Waals surface area contributed by atoms with Gasteiger partial charge in [-0.05, 0) is 32.4 Å². The molecule has 0 saturated carbocycles. The first-order valence-corrected chi connectivity index (χ1v) is 4.67. The van der Waals surface area contributed by atoms with Crippen LogP contribution in [-0.2, 0) is 6.42 Å². The largest absolute Gasteiger partial charge is 0.301 e. The van der Waals surface area contributed by atoms with E-state index in [4.69, 9.17) is 0 Å². The van der Waals surface area contributed by atoms with Gasteiger partial charge < -0.3 is 4.40 Å². The molecular weight excluding hydrogens is 160 g/mol. The average Bonchev–Trinajstić information content (AvgIpc) is 2.42. The van der Waals surface area contributed by atoms with Crippen molar-refractivity contribution in [3.63, 3.8) is 0 Å². The number of rotatable bonds is 1. The van der Waals surface area contributed by atoms with Crippen LogP contribution in [0.2, 0.25) is 0 Å². The summed E-state index contributed by atoms with van der Waals surface area (Å²) >= 11 is 0. The molecule has 13 heavy (non-hydrogen) atoms. The van der Waals surface area contributed by atoms with Crippen molar-refractivity contribution in [2.24, 2.45) is 0 Å². The minimum Gasteiger partial charge on any atom is -0.301 e. The van der Waals surface area contributed by atoms with Gasteiger partial charge in [-0.2, -0.15) is 0 Å². The smallest absolute Gasteiger partial charge is 0.137 e. The molecule has 0 aromatic carbocycles. The first kappa shape index (κ1) is 8.30. The summed E-state index contributed by atoms with van der Waals surface area (Å²) in [7, 11) is 0. The fourth-order valence-electron chi connectivity index (χ4n) is 1.85. The summed E-state index contributed by atoms with van der Waals surface area (Å²) in [6.07, 6.45) is 1.04. The van der Waals surface area contributed by atoms with Gasteiger partial charge in [-0.3, -0.25) is 0 Å². The number of imidazole rings is 1. The molecule has 0 amide bonds. The number of pyridine rings is 1. The van der Waals surface area contributed by atoms with E-state index in [-0.39, 0.29) is 0 Å². The van der Waals surface area contributed by atoms with Crippen molar-refractivity contribution in [2.45, 2.75) is 27.2 Å². The molecule has 0 radical (unpaired) electrons. The van der Waals surface area contributed by atoms with Crippen LogP contribution >= 0.6 is 0 Å². The molecule has 0 atom stereocenters. The van der Waals surface area contributed by atoms with E-state index in [1.807, 2.05) is 0 Å². The summed E-state index contributed by atoms with van der Waals surface area (Å²) in [6.45, 7) is 6.36. The standard InChI is InChI=1S/C11H14N2/c1-4-10-9(3)12-11-7-5-6-8(2)13(10)11/h5-7H,4H2,1-3H3. The second kappa shape index (κ2) is 2.87. The molecule has 0 fully saturated rings. The van der Waals surface area contributed by atoms with Crippen molar-refractivity contribution in [1.82, 2.24) is 9.38 Å². The van der Waals surface area contributed by atoms with Gasteiger partial charge in [-0.1, -0.05) is 13.0 Å². The molecule has 2 aromatic heterocycles. The van der Waals surface area contributed by atoms with Crippen molar-refractivity contribution in [3.8, 4) is 0 Å². The maximum absolute atomic E-state index is 4.51. The van der Waals surface area contributed by atoms with Gasteiger partial charge in [-0.25, -0.2) is 4.98 Å². The first-order valence-electron chi connectivity index (χ1n) is 4.67. The van der Waals surface area contributed by atoms with Crippen molar-refractivity contribution in [3.05, 3.63) is 35.3 Å². The van der Waals surface area contributed by atoms with E-state index in [0.29, 0.717) is 0 Å². The highest BCUT2D eigenvalue weighted by molar-refractivity contribution is 5.44. The lowest BCUT2D eigenvalue weighted by molar-refractivity contribution is 0.947. The third kappa shape index (κ3) is 1.13. The van der Waals surface area contributed by atoms with Gasteiger partial charge in [0.1, 0.15) is 5.65 Å². The molecule has 0 bridgehead atoms. The molecule has 2 heterocycles. The van der Waals surface area contributed by atoms with E-state index in [2.05, 4.69) is 48.4 Å². The van der Waals surface area contributed by atoms with Gasteiger partial charge in [0, 0.05) is 11.4 Å². The van der Waals surface area contributed by atoms with Crippen LogP contribution in [-0.4, -0.2) is 9.38 Å². The van der Waals surface area contributed by atoms with E-state index < -0.39 is 0 Å². The Morgan fingerprint density at radius 1 is 1.31 bits per heavy atom. The lowest BCUT2D eigenvalue weighted by Crippen LogP contribution is -1.95. The van der Waals surface area contributed by atoms with E-state index in [1.165, 1.54) is 11.4 Å². The zero-order valence-corrected chi connectivity index (χ0v) is 8.33. The molecule has 0 unspecified atom stereocenters. The van der Waals surface area contributed by atoms with Gasteiger partial charge >= 0.3 is 0 Å². The van der Waals surface area contributed by atoms with Gasteiger partial charge in [0.25, 0.3) is 0 Å². The van der Waals surface area contributed by atoms with Crippen molar-refractivity contribution >= 4 is 5.65 Å². The van der Waals surface area contributed by atoms with Crippen LogP contribution in [0.5, 0.6) is 0 Å². The van der Waals surface area contributed by atoms with E-state index in [9.17, 15) is 0 Å². The Bertz CT molecular complexity index is 441. The molecular formula is C11H14N2. The molecule has 0 aliphatic carbocycles. The molecule has 0 saturated heterocycles. The fourth-order valence-corrected chi connectivity index (χ4v) is 1.85. The predicted octanol–water partition coefficient (Wildman–Crippen LogP) is 2.51. The predicted molar refractivity (Wildman–Crippen MR) is 54.0 cm³/mol. The Kier molecular flexibility index (Phi) is 1.83. The van der Waals surface area contributed by atoms with Crippen molar-refractivity contribution in [2.75, 3.05) is 0 Å². The minimum atomic E-state index is 1.04. The topological polar surface area (TPSA) is 17.3 Å². The third-order valence-corrected chi connectivity index (χ3v) is 2.47. The quantitative estimate of drug-likeness (QED) is 0.649. The van der Waals surface area contributed by atoms with Gasteiger partial charge in [0.05, 0.1) is 5.69 Å². The molecule has 0 aliphatic rings. The van der Waals surface area contributed by atoms with Crippen molar-refractivity contribution < 1.29 is 0 Å².